The lowest BCUT2D eigenvalue weighted by molar-refractivity contribution is -0.137. The van der Waals surface area contributed by atoms with E-state index in [9.17, 15) is 4.79 Å². The van der Waals surface area contributed by atoms with Crippen LogP contribution in [0.25, 0.3) is 0 Å². The van der Waals surface area contributed by atoms with Gasteiger partial charge in [-0.05, 0) is 20.8 Å². The Morgan fingerprint density at radius 3 is 2.71 bits per heavy atom. The molecule has 0 unspecified atom stereocenters. The van der Waals surface area contributed by atoms with Gasteiger partial charge in [0, 0.05) is 12.0 Å². The number of hydrogen-bond acceptors (Lipinski definition) is 3. The first-order valence-corrected chi connectivity index (χ1v) is 4.52. The van der Waals surface area contributed by atoms with Crippen molar-refractivity contribution in [1.82, 2.24) is 14.8 Å². The standard InChI is InChI=1S/C9H15N3O2/c1-9(2,3)12-6-10-11-7(12)4-5-8(13)14/h6H,4-5H2,1-3H3,(H,13,14). The first-order valence-electron chi connectivity index (χ1n) is 4.52. The molecule has 1 aromatic rings. The summed E-state index contributed by atoms with van der Waals surface area (Å²) >= 11 is 0. The minimum atomic E-state index is -0.812. The lowest BCUT2D eigenvalue weighted by atomic mass is 10.1. The smallest absolute Gasteiger partial charge is 0.303 e. The van der Waals surface area contributed by atoms with Crippen LogP contribution in [0.5, 0.6) is 0 Å². The molecule has 0 amide bonds. The fourth-order valence-electron chi connectivity index (χ4n) is 1.21. The number of hydrogen-bond donors (Lipinski definition) is 1. The van der Waals surface area contributed by atoms with E-state index in [1.54, 1.807) is 6.33 Å². The number of carboxylic acid groups (broad SMARTS) is 1. The molecule has 1 aromatic heterocycles. The number of aliphatic carboxylic acids is 1. The Labute approximate surface area is 82.8 Å². The lowest BCUT2D eigenvalue weighted by Gasteiger charge is -2.22. The molecule has 0 saturated carbocycles. The molecule has 0 saturated heterocycles. The Kier molecular flexibility index (Phi) is 2.88. The number of aromatic nitrogens is 3. The predicted molar refractivity (Wildman–Crippen MR) is 51.0 cm³/mol. The normalized spacial score (nSPS) is 11.6. The van der Waals surface area contributed by atoms with E-state index in [1.165, 1.54) is 0 Å². The molecule has 14 heavy (non-hydrogen) atoms. The van der Waals surface area contributed by atoms with Crippen LogP contribution < -0.4 is 0 Å². The van der Waals surface area contributed by atoms with Crippen LogP contribution in [0.1, 0.15) is 33.0 Å². The summed E-state index contributed by atoms with van der Waals surface area (Å²) in [7, 11) is 0. The van der Waals surface area contributed by atoms with E-state index >= 15 is 0 Å². The average molecular weight is 197 g/mol. The minimum absolute atomic E-state index is 0.0920. The number of nitrogens with zero attached hydrogens (tertiary/aromatic N) is 3. The molecule has 1 heterocycles. The van der Waals surface area contributed by atoms with Gasteiger partial charge in [0.25, 0.3) is 0 Å². The van der Waals surface area contributed by atoms with Crippen molar-refractivity contribution in [1.29, 1.82) is 0 Å². The summed E-state index contributed by atoms with van der Waals surface area (Å²) in [5.74, 6) is -0.0895. The van der Waals surface area contributed by atoms with Gasteiger partial charge >= 0.3 is 5.97 Å². The van der Waals surface area contributed by atoms with Crippen molar-refractivity contribution in [3.05, 3.63) is 12.2 Å². The molecule has 5 heteroatoms. The van der Waals surface area contributed by atoms with E-state index in [1.807, 2.05) is 25.3 Å². The van der Waals surface area contributed by atoms with Crippen LogP contribution in [0, 0.1) is 0 Å². The number of aryl methyl sites for hydroxylation is 1. The molecule has 0 radical (unpaired) electrons. The summed E-state index contributed by atoms with van der Waals surface area (Å²) in [5, 5.41) is 16.2. The first kappa shape index (κ1) is 10.7. The highest BCUT2D eigenvalue weighted by Gasteiger charge is 2.17. The van der Waals surface area contributed by atoms with E-state index in [2.05, 4.69) is 10.2 Å². The van der Waals surface area contributed by atoms with Crippen molar-refractivity contribution in [2.24, 2.45) is 0 Å². The zero-order valence-corrected chi connectivity index (χ0v) is 8.69. The second-order valence-corrected chi connectivity index (χ2v) is 4.18. The van der Waals surface area contributed by atoms with Gasteiger partial charge in [0.1, 0.15) is 12.2 Å². The summed E-state index contributed by atoms with van der Waals surface area (Å²) in [6, 6.07) is 0. The van der Waals surface area contributed by atoms with Crippen LogP contribution >= 0.6 is 0 Å². The predicted octanol–water partition coefficient (Wildman–Crippen LogP) is 1.05. The molecule has 0 bridgehead atoms. The highest BCUT2D eigenvalue weighted by molar-refractivity contribution is 5.66. The Hall–Kier alpha value is -1.39. The monoisotopic (exact) mass is 197 g/mol. The quantitative estimate of drug-likeness (QED) is 0.786. The number of carboxylic acids is 1. The third kappa shape index (κ3) is 2.55. The van der Waals surface area contributed by atoms with Crippen LogP contribution in [-0.2, 0) is 16.8 Å². The van der Waals surface area contributed by atoms with Crippen molar-refractivity contribution >= 4 is 5.97 Å². The Bertz CT molecular complexity index is 325. The third-order valence-electron chi connectivity index (χ3n) is 1.90. The zero-order chi connectivity index (χ0) is 10.8. The van der Waals surface area contributed by atoms with Gasteiger partial charge in [-0.2, -0.15) is 0 Å². The van der Waals surface area contributed by atoms with Crippen LogP contribution in [0.4, 0.5) is 0 Å². The third-order valence-corrected chi connectivity index (χ3v) is 1.90. The molecule has 0 aliphatic carbocycles. The van der Waals surface area contributed by atoms with E-state index < -0.39 is 5.97 Å². The summed E-state index contributed by atoms with van der Waals surface area (Å²) in [4.78, 5) is 10.4. The van der Waals surface area contributed by atoms with E-state index in [0.29, 0.717) is 6.42 Å². The SMILES string of the molecule is CC(C)(C)n1cnnc1CCC(=O)O. The van der Waals surface area contributed by atoms with E-state index in [-0.39, 0.29) is 12.0 Å². The molecular weight excluding hydrogens is 182 g/mol. The van der Waals surface area contributed by atoms with Crippen molar-refractivity contribution in [2.75, 3.05) is 0 Å². The molecule has 0 fully saturated rings. The Morgan fingerprint density at radius 1 is 1.57 bits per heavy atom. The van der Waals surface area contributed by atoms with Gasteiger partial charge in [0.2, 0.25) is 0 Å². The van der Waals surface area contributed by atoms with Gasteiger partial charge in [-0.15, -0.1) is 10.2 Å². The first-order chi connectivity index (χ1) is 6.41. The van der Waals surface area contributed by atoms with Crippen LogP contribution in [0.15, 0.2) is 6.33 Å². The van der Waals surface area contributed by atoms with Crippen molar-refractivity contribution < 1.29 is 9.90 Å². The highest BCUT2D eigenvalue weighted by atomic mass is 16.4. The van der Waals surface area contributed by atoms with Crippen molar-refractivity contribution in [3.8, 4) is 0 Å². The maximum atomic E-state index is 10.4. The molecule has 1 N–H and O–H groups in total. The minimum Gasteiger partial charge on any atom is -0.481 e. The van der Waals surface area contributed by atoms with Gasteiger partial charge in [0.15, 0.2) is 0 Å². The van der Waals surface area contributed by atoms with Gasteiger partial charge in [0.05, 0.1) is 6.42 Å². The molecule has 0 aliphatic rings. The highest BCUT2D eigenvalue weighted by Crippen LogP contribution is 2.15. The lowest BCUT2D eigenvalue weighted by Crippen LogP contribution is -2.23. The fraction of sp³-hybridized carbons (Fsp3) is 0.667. The molecule has 78 valence electrons. The average Bonchev–Trinajstić information content (AvgIpc) is 2.46. The summed E-state index contributed by atoms with van der Waals surface area (Å²) in [6.07, 6.45) is 2.15. The second kappa shape index (κ2) is 3.77. The van der Waals surface area contributed by atoms with Crippen LogP contribution in [-0.4, -0.2) is 25.8 Å². The van der Waals surface area contributed by atoms with Crippen LogP contribution in [0.2, 0.25) is 0 Å². The van der Waals surface area contributed by atoms with Crippen molar-refractivity contribution in [3.63, 3.8) is 0 Å². The number of carbonyl (C=O) groups is 1. The van der Waals surface area contributed by atoms with Gasteiger partial charge in [-0.25, -0.2) is 0 Å². The maximum absolute atomic E-state index is 10.4. The summed E-state index contributed by atoms with van der Waals surface area (Å²) in [5.41, 5.74) is -0.0999. The van der Waals surface area contributed by atoms with Crippen LogP contribution in [0.3, 0.4) is 0 Å². The molecule has 0 aliphatic heterocycles. The van der Waals surface area contributed by atoms with Gasteiger partial charge in [-0.1, -0.05) is 0 Å². The molecule has 0 atom stereocenters. The summed E-state index contributed by atoms with van der Waals surface area (Å²) < 4.78 is 1.90. The molecule has 0 spiro atoms. The largest absolute Gasteiger partial charge is 0.481 e. The zero-order valence-electron chi connectivity index (χ0n) is 8.69. The van der Waals surface area contributed by atoms with E-state index in [0.717, 1.165) is 5.82 Å². The molecule has 0 aromatic carbocycles. The fourth-order valence-corrected chi connectivity index (χ4v) is 1.21. The van der Waals surface area contributed by atoms with E-state index in [4.69, 9.17) is 5.11 Å². The Morgan fingerprint density at radius 2 is 2.21 bits per heavy atom. The number of rotatable bonds is 3. The maximum Gasteiger partial charge on any atom is 0.303 e. The molecule has 5 nitrogen and oxygen atoms in total. The molecular formula is C9H15N3O2. The molecule has 1 rings (SSSR count). The Balaban J connectivity index is 2.78. The van der Waals surface area contributed by atoms with Crippen molar-refractivity contribution in [2.45, 2.75) is 39.2 Å². The second-order valence-electron chi connectivity index (χ2n) is 4.18. The topological polar surface area (TPSA) is 68.0 Å². The summed E-state index contributed by atoms with van der Waals surface area (Å²) in [6.45, 7) is 6.09. The van der Waals surface area contributed by atoms with Gasteiger partial charge < -0.3 is 9.67 Å². The van der Waals surface area contributed by atoms with Gasteiger partial charge in [-0.3, -0.25) is 4.79 Å².